The maximum Gasteiger partial charge on any atom is 0.573 e. The van der Waals surface area contributed by atoms with Gasteiger partial charge in [-0.05, 0) is 37.6 Å². The largest absolute Gasteiger partial charge is 0.573 e. The minimum atomic E-state index is -4.64. The van der Waals surface area contributed by atoms with E-state index in [9.17, 15) is 13.2 Å². The molecule has 0 aromatic heterocycles. The molecule has 1 rings (SSSR count). The summed E-state index contributed by atoms with van der Waals surface area (Å²) in [5.41, 5.74) is 0.911. The van der Waals surface area contributed by atoms with E-state index < -0.39 is 6.36 Å². The first-order valence-corrected chi connectivity index (χ1v) is 5.62. The summed E-state index contributed by atoms with van der Waals surface area (Å²) in [6, 6.07) is 5.94. The standard InChI is InChI=1S/C13H16F3NO/c1-3-4-9-17-10(2)11-5-7-12(8-6-11)18-13(14,15)16/h3,5-8,10,17H,1,4,9H2,2H3/t10-/m0/s1. The van der Waals surface area contributed by atoms with Crippen molar-refractivity contribution in [3.05, 3.63) is 42.5 Å². The summed E-state index contributed by atoms with van der Waals surface area (Å²) >= 11 is 0. The SMILES string of the molecule is C=CCCN[C@@H](C)c1ccc(OC(F)(F)F)cc1. The number of rotatable bonds is 6. The van der Waals surface area contributed by atoms with Gasteiger partial charge in [0, 0.05) is 6.04 Å². The third-order valence-corrected chi connectivity index (χ3v) is 2.41. The average Bonchev–Trinajstić information content (AvgIpc) is 2.28. The van der Waals surface area contributed by atoms with Gasteiger partial charge < -0.3 is 10.1 Å². The van der Waals surface area contributed by atoms with Crippen LogP contribution in [0, 0.1) is 0 Å². The summed E-state index contributed by atoms with van der Waals surface area (Å²) in [6.45, 7) is 6.34. The minimum absolute atomic E-state index is 0.0740. The molecule has 0 aliphatic carbocycles. The van der Waals surface area contributed by atoms with Crippen molar-refractivity contribution in [3.8, 4) is 5.75 Å². The highest BCUT2D eigenvalue weighted by atomic mass is 19.4. The molecule has 0 spiro atoms. The van der Waals surface area contributed by atoms with E-state index in [-0.39, 0.29) is 11.8 Å². The molecule has 0 amide bonds. The lowest BCUT2D eigenvalue weighted by Gasteiger charge is -2.14. The number of halogens is 3. The van der Waals surface area contributed by atoms with Crippen molar-refractivity contribution in [2.45, 2.75) is 25.7 Å². The van der Waals surface area contributed by atoms with Gasteiger partial charge >= 0.3 is 6.36 Å². The van der Waals surface area contributed by atoms with Gasteiger partial charge in [-0.3, -0.25) is 0 Å². The Bertz CT molecular complexity index is 373. The fourth-order valence-electron chi connectivity index (χ4n) is 1.48. The normalized spacial score (nSPS) is 13.1. The molecule has 18 heavy (non-hydrogen) atoms. The Morgan fingerprint density at radius 3 is 2.44 bits per heavy atom. The number of benzene rings is 1. The van der Waals surface area contributed by atoms with E-state index in [4.69, 9.17) is 0 Å². The molecule has 0 unspecified atom stereocenters. The van der Waals surface area contributed by atoms with Crippen LogP contribution in [0.25, 0.3) is 0 Å². The van der Waals surface area contributed by atoms with E-state index in [0.717, 1.165) is 18.5 Å². The first-order valence-electron chi connectivity index (χ1n) is 5.62. The van der Waals surface area contributed by atoms with Crippen LogP contribution in [0.1, 0.15) is 24.9 Å². The van der Waals surface area contributed by atoms with Crippen LogP contribution in [0.2, 0.25) is 0 Å². The number of ether oxygens (including phenoxy) is 1. The highest BCUT2D eigenvalue weighted by molar-refractivity contribution is 5.29. The van der Waals surface area contributed by atoms with Gasteiger partial charge in [-0.15, -0.1) is 19.8 Å². The molecule has 0 aliphatic heterocycles. The van der Waals surface area contributed by atoms with Crippen molar-refractivity contribution in [3.63, 3.8) is 0 Å². The van der Waals surface area contributed by atoms with Gasteiger partial charge in [-0.2, -0.15) is 0 Å². The fourth-order valence-corrected chi connectivity index (χ4v) is 1.48. The van der Waals surface area contributed by atoms with Crippen molar-refractivity contribution in [2.24, 2.45) is 0 Å². The summed E-state index contributed by atoms with van der Waals surface area (Å²) in [4.78, 5) is 0. The van der Waals surface area contributed by atoms with E-state index in [1.54, 1.807) is 18.2 Å². The van der Waals surface area contributed by atoms with Crippen molar-refractivity contribution in [2.75, 3.05) is 6.54 Å². The third-order valence-electron chi connectivity index (χ3n) is 2.41. The Hall–Kier alpha value is -1.49. The molecule has 1 aromatic carbocycles. The van der Waals surface area contributed by atoms with Crippen molar-refractivity contribution < 1.29 is 17.9 Å². The number of nitrogens with one attached hydrogen (secondary N) is 1. The lowest BCUT2D eigenvalue weighted by molar-refractivity contribution is -0.274. The van der Waals surface area contributed by atoms with Gasteiger partial charge in [0.1, 0.15) is 5.75 Å². The molecule has 1 N–H and O–H groups in total. The molecule has 2 nitrogen and oxygen atoms in total. The predicted molar refractivity (Wildman–Crippen MR) is 64.4 cm³/mol. The van der Waals surface area contributed by atoms with Gasteiger partial charge in [0.25, 0.3) is 0 Å². The van der Waals surface area contributed by atoms with Crippen molar-refractivity contribution in [1.82, 2.24) is 5.32 Å². The summed E-state index contributed by atoms with van der Waals surface area (Å²) < 4.78 is 39.7. The van der Waals surface area contributed by atoms with Gasteiger partial charge in [0.15, 0.2) is 0 Å². The lowest BCUT2D eigenvalue weighted by atomic mass is 10.1. The van der Waals surface area contributed by atoms with Crippen LogP contribution in [0.4, 0.5) is 13.2 Å². The smallest absolute Gasteiger partial charge is 0.406 e. The first-order chi connectivity index (χ1) is 8.42. The highest BCUT2D eigenvalue weighted by Gasteiger charge is 2.30. The molecule has 0 saturated carbocycles. The maximum absolute atomic E-state index is 12.0. The fraction of sp³-hybridized carbons (Fsp3) is 0.385. The summed E-state index contributed by atoms with van der Waals surface area (Å²) in [5, 5.41) is 3.23. The maximum atomic E-state index is 12.0. The van der Waals surface area contributed by atoms with Crippen LogP contribution in [-0.2, 0) is 0 Å². The van der Waals surface area contributed by atoms with Crippen molar-refractivity contribution >= 4 is 0 Å². The molecule has 0 saturated heterocycles. The Morgan fingerprint density at radius 2 is 1.94 bits per heavy atom. The van der Waals surface area contributed by atoms with E-state index in [0.29, 0.717) is 0 Å². The molecule has 0 bridgehead atoms. The zero-order valence-corrected chi connectivity index (χ0v) is 10.1. The molecule has 0 radical (unpaired) electrons. The lowest BCUT2D eigenvalue weighted by Crippen LogP contribution is -2.19. The van der Waals surface area contributed by atoms with Gasteiger partial charge in [0.05, 0.1) is 0 Å². The Balaban J connectivity index is 2.56. The summed E-state index contributed by atoms with van der Waals surface area (Å²) in [7, 11) is 0. The van der Waals surface area contributed by atoms with E-state index in [1.807, 2.05) is 6.92 Å². The summed E-state index contributed by atoms with van der Waals surface area (Å²) in [5.74, 6) is -0.204. The monoisotopic (exact) mass is 259 g/mol. The molecule has 100 valence electrons. The highest BCUT2D eigenvalue weighted by Crippen LogP contribution is 2.24. The van der Waals surface area contributed by atoms with Gasteiger partial charge in [-0.1, -0.05) is 18.2 Å². The first kappa shape index (κ1) is 14.6. The quantitative estimate of drug-likeness (QED) is 0.619. The molecule has 1 atom stereocenters. The molecule has 0 fully saturated rings. The van der Waals surface area contributed by atoms with E-state index in [1.165, 1.54) is 12.1 Å². The van der Waals surface area contributed by atoms with Gasteiger partial charge in [0.2, 0.25) is 0 Å². The second-order valence-electron chi connectivity index (χ2n) is 3.87. The molecule has 1 aromatic rings. The van der Waals surface area contributed by atoms with Crippen molar-refractivity contribution in [1.29, 1.82) is 0 Å². The van der Waals surface area contributed by atoms with E-state index >= 15 is 0 Å². The molecule has 0 heterocycles. The number of hydrogen-bond donors (Lipinski definition) is 1. The summed E-state index contributed by atoms with van der Waals surface area (Å²) in [6.07, 6.45) is -1.99. The number of alkyl halides is 3. The zero-order valence-electron chi connectivity index (χ0n) is 10.1. The second-order valence-corrected chi connectivity index (χ2v) is 3.87. The topological polar surface area (TPSA) is 21.3 Å². The molecular weight excluding hydrogens is 243 g/mol. The average molecular weight is 259 g/mol. The van der Waals surface area contributed by atoms with E-state index in [2.05, 4.69) is 16.6 Å². The van der Waals surface area contributed by atoms with Crippen LogP contribution in [0.5, 0.6) is 5.75 Å². The Kier molecular flexibility index (Phi) is 5.22. The molecular formula is C13H16F3NO. The minimum Gasteiger partial charge on any atom is -0.406 e. The predicted octanol–water partition coefficient (Wildman–Crippen LogP) is 3.81. The van der Waals surface area contributed by atoms with Crippen LogP contribution >= 0.6 is 0 Å². The molecule has 0 aliphatic rings. The number of hydrogen-bond acceptors (Lipinski definition) is 2. The second kappa shape index (κ2) is 6.44. The molecule has 5 heteroatoms. The van der Waals surface area contributed by atoms with Crippen LogP contribution in [0.3, 0.4) is 0 Å². The Labute approximate surface area is 104 Å². The van der Waals surface area contributed by atoms with Crippen LogP contribution < -0.4 is 10.1 Å². The van der Waals surface area contributed by atoms with Crippen LogP contribution in [0.15, 0.2) is 36.9 Å². The third kappa shape index (κ3) is 5.23. The van der Waals surface area contributed by atoms with Crippen LogP contribution in [-0.4, -0.2) is 12.9 Å². The van der Waals surface area contributed by atoms with Gasteiger partial charge in [-0.25, -0.2) is 0 Å². The Morgan fingerprint density at radius 1 is 1.33 bits per heavy atom. The zero-order chi connectivity index (χ0) is 13.6.